The van der Waals surface area contributed by atoms with E-state index >= 15 is 0 Å². The third kappa shape index (κ3) is 2.84. The van der Waals surface area contributed by atoms with Crippen molar-refractivity contribution in [3.05, 3.63) is 13.4 Å². The molecule has 1 nitrogen and oxygen atoms in total. The molecule has 0 amide bonds. The molecule has 1 aromatic heterocycles. The van der Waals surface area contributed by atoms with Gasteiger partial charge >= 0.3 is 0 Å². The van der Waals surface area contributed by atoms with Crippen LogP contribution in [0.2, 0.25) is 0 Å². The number of halogens is 2. The summed E-state index contributed by atoms with van der Waals surface area (Å²) in [5.74, 6) is 0.681. The molecule has 4 heteroatoms. The van der Waals surface area contributed by atoms with E-state index in [2.05, 4.69) is 50.7 Å². The predicted molar refractivity (Wildman–Crippen MR) is 56.1 cm³/mol. The average molecular weight is 299 g/mol. The Kier molecular flexibility index (Phi) is 3.52. The van der Waals surface area contributed by atoms with Crippen molar-refractivity contribution in [1.82, 2.24) is 4.98 Å². The third-order valence-electron chi connectivity index (χ3n) is 1.18. The molecule has 0 saturated heterocycles. The monoisotopic (exact) mass is 297 g/mol. The lowest BCUT2D eigenvalue weighted by Crippen LogP contribution is -1.91. The molecule has 11 heavy (non-hydrogen) atoms. The molecule has 0 N–H and O–H groups in total. The zero-order valence-electron chi connectivity index (χ0n) is 6.40. The molecule has 0 radical (unpaired) electrons. The Morgan fingerprint density at radius 3 is 2.45 bits per heavy atom. The Labute approximate surface area is 87.5 Å². The fourth-order valence-corrected chi connectivity index (χ4v) is 2.87. The quantitative estimate of drug-likeness (QED) is 0.808. The fourth-order valence-electron chi connectivity index (χ4n) is 0.758. The summed E-state index contributed by atoms with van der Waals surface area (Å²) in [5.41, 5.74) is 0. The summed E-state index contributed by atoms with van der Waals surface area (Å²) in [6.45, 7) is 4.40. The SMILES string of the molecule is CC(C)Cc1nc(Br)c(Br)s1. The van der Waals surface area contributed by atoms with Crippen molar-refractivity contribution >= 4 is 43.2 Å². The van der Waals surface area contributed by atoms with Gasteiger partial charge in [-0.05, 0) is 37.8 Å². The van der Waals surface area contributed by atoms with Gasteiger partial charge in [0.25, 0.3) is 0 Å². The van der Waals surface area contributed by atoms with Crippen LogP contribution < -0.4 is 0 Å². The summed E-state index contributed by atoms with van der Waals surface area (Å²) in [6.07, 6.45) is 1.06. The fraction of sp³-hybridized carbons (Fsp3) is 0.571. The first-order chi connectivity index (χ1) is 5.09. The van der Waals surface area contributed by atoms with Gasteiger partial charge in [-0.1, -0.05) is 13.8 Å². The minimum absolute atomic E-state index is 0.681. The Bertz CT molecular complexity index is 225. The van der Waals surface area contributed by atoms with Crippen LogP contribution in [0.25, 0.3) is 0 Å². The second-order valence-electron chi connectivity index (χ2n) is 2.77. The first-order valence-corrected chi connectivity index (χ1v) is 5.80. The van der Waals surface area contributed by atoms with E-state index in [0.29, 0.717) is 5.92 Å². The Morgan fingerprint density at radius 2 is 2.09 bits per heavy atom. The van der Waals surface area contributed by atoms with E-state index in [1.807, 2.05) is 0 Å². The van der Waals surface area contributed by atoms with Crippen molar-refractivity contribution in [2.75, 3.05) is 0 Å². The molecule has 0 bridgehead atoms. The van der Waals surface area contributed by atoms with Crippen LogP contribution in [-0.4, -0.2) is 4.98 Å². The van der Waals surface area contributed by atoms with Gasteiger partial charge in [-0.15, -0.1) is 11.3 Å². The van der Waals surface area contributed by atoms with Crippen LogP contribution in [0.15, 0.2) is 8.39 Å². The van der Waals surface area contributed by atoms with Crippen molar-refractivity contribution in [3.63, 3.8) is 0 Å². The highest BCUT2D eigenvalue weighted by atomic mass is 79.9. The molecule has 0 spiro atoms. The molecular formula is C7H9Br2NS. The molecule has 0 aromatic carbocycles. The van der Waals surface area contributed by atoms with Crippen LogP contribution in [0.3, 0.4) is 0 Å². The molecule has 0 saturated carbocycles. The number of hydrogen-bond acceptors (Lipinski definition) is 2. The van der Waals surface area contributed by atoms with Crippen LogP contribution in [0.1, 0.15) is 18.9 Å². The lowest BCUT2D eigenvalue weighted by Gasteiger charge is -1.97. The van der Waals surface area contributed by atoms with Gasteiger partial charge in [-0.2, -0.15) is 0 Å². The number of hydrogen-bond donors (Lipinski definition) is 0. The van der Waals surface area contributed by atoms with E-state index < -0.39 is 0 Å². The molecule has 0 atom stereocenters. The predicted octanol–water partition coefficient (Wildman–Crippen LogP) is 3.87. The molecule has 62 valence electrons. The van der Waals surface area contributed by atoms with E-state index in [9.17, 15) is 0 Å². The van der Waals surface area contributed by atoms with E-state index in [1.54, 1.807) is 11.3 Å². The highest BCUT2D eigenvalue weighted by Crippen LogP contribution is 2.29. The van der Waals surface area contributed by atoms with Gasteiger partial charge in [0.05, 0.1) is 5.01 Å². The van der Waals surface area contributed by atoms with Crippen molar-refractivity contribution in [3.8, 4) is 0 Å². The lowest BCUT2D eigenvalue weighted by atomic mass is 10.1. The maximum absolute atomic E-state index is 4.34. The van der Waals surface area contributed by atoms with Gasteiger partial charge in [-0.3, -0.25) is 0 Å². The molecule has 0 aliphatic heterocycles. The molecule has 0 fully saturated rings. The molecule has 1 aromatic rings. The summed E-state index contributed by atoms with van der Waals surface area (Å²) in [4.78, 5) is 4.34. The summed E-state index contributed by atoms with van der Waals surface area (Å²) in [7, 11) is 0. The number of rotatable bonds is 2. The summed E-state index contributed by atoms with van der Waals surface area (Å²) >= 11 is 8.47. The van der Waals surface area contributed by atoms with Gasteiger partial charge < -0.3 is 0 Å². The largest absolute Gasteiger partial charge is 0.233 e. The summed E-state index contributed by atoms with van der Waals surface area (Å²) in [6, 6.07) is 0. The lowest BCUT2D eigenvalue weighted by molar-refractivity contribution is 0.644. The first-order valence-electron chi connectivity index (χ1n) is 3.40. The Morgan fingerprint density at radius 1 is 1.45 bits per heavy atom. The molecular weight excluding hydrogens is 290 g/mol. The highest BCUT2D eigenvalue weighted by Gasteiger charge is 2.06. The minimum atomic E-state index is 0.681. The Balaban J connectivity index is 2.73. The van der Waals surface area contributed by atoms with Gasteiger partial charge in [0, 0.05) is 6.42 Å². The molecule has 0 aliphatic carbocycles. The van der Waals surface area contributed by atoms with Crippen molar-refractivity contribution < 1.29 is 0 Å². The smallest absolute Gasteiger partial charge is 0.131 e. The zero-order chi connectivity index (χ0) is 8.43. The van der Waals surface area contributed by atoms with Gasteiger partial charge in [0.1, 0.15) is 8.39 Å². The normalized spacial score (nSPS) is 11.0. The van der Waals surface area contributed by atoms with E-state index in [4.69, 9.17) is 0 Å². The number of aromatic nitrogens is 1. The Hall–Kier alpha value is 0.590. The maximum Gasteiger partial charge on any atom is 0.131 e. The second kappa shape index (κ2) is 4.01. The van der Waals surface area contributed by atoms with Crippen LogP contribution in [0, 0.1) is 5.92 Å². The van der Waals surface area contributed by atoms with Crippen LogP contribution >= 0.6 is 43.2 Å². The topological polar surface area (TPSA) is 12.9 Å². The van der Waals surface area contributed by atoms with Gasteiger partial charge in [0.2, 0.25) is 0 Å². The number of nitrogens with zero attached hydrogens (tertiary/aromatic N) is 1. The van der Waals surface area contributed by atoms with Crippen LogP contribution in [-0.2, 0) is 6.42 Å². The molecule has 1 rings (SSSR count). The summed E-state index contributed by atoms with van der Waals surface area (Å²) < 4.78 is 2.02. The van der Waals surface area contributed by atoms with E-state index in [-0.39, 0.29) is 0 Å². The van der Waals surface area contributed by atoms with E-state index in [1.165, 1.54) is 5.01 Å². The van der Waals surface area contributed by atoms with Crippen LogP contribution in [0.4, 0.5) is 0 Å². The van der Waals surface area contributed by atoms with Crippen molar-refractivity contribution in [2.45, 2.75) is 20.3 Å². The minimum Gasteiger partial charge on any atom is -0.233 e. The van der Waals surface area contributed by atoms with Crippen molar-refractivity contribution in [2.24, 2.45) is 5.92 Å². The van der Waals surface area contributed by atoms with Gasteiger partial charge in [-0.25, -0.2) is 4.98 Å². The summed E-state index contributed by atoms with van der Waals surface area (Å²) in [5, 5.41) is 1.19. The number of thiazole rings is 1. The molecule has 0 aliphatic rings. The molecule has 0 unspecified atom stereocenters. The maximum atomic E-state index is 4.34. The van der Waals surface area contributed by atoms with E-state index in [0.717, 1.165) is 14.8 Å². The first kappa shape index (κ1) is 9.68. The van der Waals surface area contributed by atoms with Gasteiger partial charge in [0.15, 0.2) is 0 Å². The average Bonchev–Trinajstić information content (AvgIpc) is 2.10. The zero-order valence-corrected chi connectivity index (χ0v) is 10.4. The molecule has 1 heterocycles. The van der Waals surface area contributed by atoms with Crippen LogP contribution in [0.5, 0.6) is 0 Å². The standard InChI is InChI=1S/C7H9Br2NS/c1-4(2)3-5-10-6(8)7(9)11-5/h4H,3H2,1-2H3. The highest BCUT2D eigenvalue weighted by molar-refractivity contribution is 9.13. The third-order valence-corrected chi connectivity index (χ3v) is 4.27. The van der Waals surface area contributed by atoms with Crippen molar-refractivity contribution in [1.29, 1.82) is 0 Å². The second-order valence-corrected chi connectivity index (χ2v) is 5.92.